The van der Waals surface area contributed by atoms with Crippen LogP contribution in [0.15, 0.2) is 36.4 Å². The van der Waals surface area contributed by atoms with Gasteiger partial charge in [0.05, 0.1) is 5.69 Å². The maximum atomic E-state index is 9.32. The fraction of sp³-hybridized carbons (Fsp3) is 0.375. The first-order valence-electron chi connectivity index (χ1n) is 7.38. The van der Waals surface area contributed by atoms with Crippen LogP contribution in [-0.2, 0) is 0 Å². The molecule has 2 aliphatic heterocycles. The summed E-state index contributed by atoms with van der Waals surface area (Å²) in [6, 6.07) is 11.1. The van der Waals surface area contributed by atoms with E-state index in [1.54, 1.807) is 12.1 Å². The van der Waals surface area contributed by atoms with E-state index in [2.05, 4.69) is 20.4 Å². The van der Waals surface area contributed by atoms with Crippen LogP contribution in [-0.4, -0.2) is 41.5 Å². The first kappa shape index (κ1) is 15.2. The summed E-state index contributed by atoms with van der Waals surface area (Å²) < 4.78 is 0. The van der Waals surface area contributed by atoms with Crippen LogP contribution in [0.5, 0.6) is 5.75 Å². The molecule has 3 heterocycles. The minimum Gasteiger partial charge on any atom is -0.508 e. The summed E-state index contributed by atoms with van der Waals surface area (Å²) in [7, 11) is 0. The zero-order chi connectivity index (χ0) is 14.2. The van der Waals surface area contributed by atoms with E-state index in [1.807, 2.05) is 24.3 Å². The van der Waals surface area contributed by atoms with Gasteiger partial charge in [0.2, 0.25) is 0 Å². The molecule has 0 unspecified atom stereocenters. The average molecular weight is 363 g/mol. The first-order valence-corrected chi connectivity index (χ1v) is 7.38. The molecule has 2 atom stereocenters. The second-order valence-electron chi connectivity index (χ2n) is 5.91. The van der Waals surface area contributed by atoms with E-state index in [1.165, 1.54) is 0 Å². The first-order chi connectivity index (χ1) is 10.3. The summed E-state index contributed by atoms with van der Waals surface area (Å²) in [6.07, 6.45) is 0. The fourth-order valence-corrected chi connectivity index (χ4v) is 3.32. The molecule has 2 aromatic rings. The average Bonchev–Trinajstić information content (AvgIpc) is 3.10. The molecule has 5 nitrogen and oxygen atoms in total. The van der Waals surface area contributed by atoms with E-state index in [0.717, 1.165) is 55.1 Å². The number of hydrogen-bond donors (Lipinski definition) is 2. The van der Waals surface area contributed by atoms with E-state index in [9.17, 15) is 5.11 Å². The summed E-state index contributed by atoms with van der Waals surface area (Å²) >= 11 is 0. The maximum Gasteiger partial charge on any atom is 0.151 e. The highest BCUT2D eigenvalue weighted by molar-refractivity contribution is 8.93. The molecule has 116 valence electrons. The molecular weight excluding hydrogens is 344 g/mol. The lowest BCUT2D eigenvalue weighted by molar-refractivity contribution is 0.475. The van der Waals surface area contributed by atoms with E-state index < -0.39 is 0 Å². The molecule has 2 aliphatic rings. The normalized spacial score (nSPS) is 23.2. The molecule has 6 heteroatoms. The van der Waals surface area contributed by atoms with Crippen molar-refractivity contribution < 1.29 is 5.11 Å². The summed E-state index contributed by atoms with van der Waals surface area (Å²) in [6.45, 7) is 4.40. The number of anilines is 1. The minimum absolute atomic E-state index is 0. The second-order valence-corrected chi connectivity index (χ2v) is 5.91. The van der Waals surface area contributed by atoms with E-state index in [-0.39, 0.29) is 22.7 Å². The highest BCUT2D eigenvalue weighted by Gasteiger charge is 2.36. The fourth-order valence-electron chi connectivity index (χ4n) is 3.32. The van der Waals surface area contributed by atoms with Crippen LogP contribution in [0.4, 0.5) is 5.82 Å². The van der Waals surface area contributed by atoms with Crippen molar-refractivity contribution in [2.24, 2.45) is 11.8 Å². The molecule has 1 aromatic heterocycles. The quantitative estimate of drug-likeness (QED) is 0.856. The topological polar surface area (TPSA) is 61.3 Å². The zero-order valence-electron chi connectivity index (χ0n) is 12.1. The number of benzene rings is 1. The van der Waals surface area contributed by atoms with E-state index in [4.69, 9.17) is 0 Å². The monoisotopic (exact) mass is 362 g/mol. The Balaban J connectivity index is 0.00000144. The van der Waals surface area contributed by atoms with Gasteiger partial charge in [0.1, 0.15) is 5.75 Å². The molecule has 1 aromatic carbocycles. The SMILES string of the molecule is Br.Oc1ccc(-c2ccc(N3C[C@H]4CNC[C@H]4C3)nn2)cc1. The van der Waals surface area contributed by atoms with Crippen molar-refractivity contribution in [3.05, 3.63) is 36.4 Å². The zero-order valence-corrected chi connectivity index (χ0v) is 13.9. The van der Waals surface area contributed by atoms with Gasteiger partial charge < -0.3 is 15.3 Å². The molecule has 22 heavy (non-hydrogen) atoms. The number of nitrogens with zero attached hydrogens (tertiary/aromatic N) is 3. The Morgan fingerprint density at radius 1 is 0.955 bits per heavy atom. The molecule has 0 saturated carbocycles. The van der Waals surface area contributed by atoms with Gasteiger partial charge >= 0.3 is 0 Å². The second kappa shape index (κ2) is 6.22. The number of nitrogens with one attached hydrogen (secondary N) is 1. The van der Waals surface area contributed by atoms with Crippen molar-refractivity contribution >= 4 is 22.8 Å². The third-order valence-corrected chi connectivity index (χ3v) is 4.53. The number of aromatic hydroxyl groups is 1. The van der Waals surface area contributed by atoms with Crippen molar-refractivity contribution in [3.63, 3.8) is 0 Å². The number of fused-ring (bicyclic) bond motifs is 1. The molecule has 2 N–H and O–H groups in total. The smallest absolute Gasteiger partial charge is 0.151 e. The van der Waals surface area contributed by atoms with Crippen LogP contribution in [0, 0.1) is 11.8 Å². The van der Waals surface area contributed by atoms with Crippen molar-refractivity contribution in [2.75, 3.05) is 31.1 Å². The largest absolute Gasteiger partial charge is 0.508 e. The Morgan fingerprint density at radius 3 is 2.23 bits per heavy atom. The van der Waals surface area contributed by atoms with Crippen molar-refractivity contribution in [2.45, 2.75) is 0 Å². The van der Waals surface area contributed by atoms with Gasteiger partial charge in [0.15, 0.2) is 5.82 Å². The summed E-state index contributed by atoms with van der Waals surface area (Å²) in [4.78, 5) is 2.34. The number of phenolic OH excluding ortho intramolecular Hbond substituents is 1. The predicted molar refractivity (Wildman–Crippen MR) is 91.5 cm³/mol. The van der Waals surface area contributed by atoms with Gasteiger partial charge in [-0.25, -0.2) is 0 Å². The lowest BCUT2D eigenvalue weighted by Gasteiger charge is -2.17. The lowest BCUT2D eigenvalue weighted by atomic mass is 10.0. The summed E-state index contributed by atoms with van der Waals surface area (Å²) in [5.41, 5.74) is 1.80. The number of hydrogen-bond acceptors (Lipinski definition) is 5. The third-order valence-electron chi connectivity index (χ3n) is 4.53. The third kappa shape index (κ3) is 2.80. The van der Waals surface area contributed by atoms with Gasteiger partial charge in [-0.1, -0.05) is 0 Å². The number of rotatable bonds is 2. The van der Waals surface area contributed by atoms with Crippen molar-refractivity contribution in [1.82, 2.24) is 15.5 Å². The molecule has 2 saturated heterocycles. The van der Waals surface area contributed by atoms with Crippen LogP contribution in [0.3, 0.4) is 0 Å². The Kier molecular flexibility index (Phi) is 4.31. The molecular formula is C16H19BrN4O. The van der Waals surface area contributed by atoms with Crippen LogP contribution < -0.4 is 10.2 Å². The number of phenols is 1. The lowest BCUT2D eigenvalue weighted by Crippen LogP contribution is -2.26. The Labute approximate surface area is 140 Å². The highest BCUT2D eigenvalue weighted by Crippen LogP contribution is 2.29. The summed E-state index contributed by atoms with van der Waals surface area (Å²) in [5, 5.41) is 21.5. The van der Waals surface area contributed by atoms with Crippen LogP contribution in [0.2, 0.25) is 0 Å². The molecule has 0 spiro atoms. The Bertz CT molecular complexity index is 620. The van der Waals surface area contributed by atoms with Gasteiger partial charge in [0.25, 0.3) is 0 Å². The van der Waals surface area contributed by atoms with Gasteiger partial charge in [0, 0.05) is 31.7 Å². The minimum atomic E-state index is 0. The standard InChI is InChI=1S/C16H18N4O.BrH/c21-14-3-1-11(2-4-14)15-5-6-16(19-18-15)20-9-12-7-17-8-13(12)10-20;/h1-6,12-13,17,21H,7-10H2;1H/t12-,13+;. The van der Waals surface area contributed by atoms with Gasteiger partial charge in [-0.05, 0) is 48.2 Å². The predicted octanol–water partition coefficient (Wildman–Crippen LogP) is 2.08. The van der Waals surface area contributed by atoms with Crippen LogP contribution in [0.25, 0.3) is 11.3 Å². The molecule has 0 amide bonds. The molecule has 0 bridgehead atoms. The van der Waals surface area contributed by atoms with Crippen LogP contribution >= 0.6 is 17.0 Å². The number of aromatic nitrogens is 2. The van der Waals surface area contributed by atoms with E-state index >= 15 is 0 Å². The van der Waals surface area contributed by atoms with Gasteiger partial charge in [-0.15, -0.1) is 27.2 Å². The Hall–Kier alpha value is -1.66. The van der Waals surface area contributed by atoms with E-state index in [0.29, 0.717) is 0 Å². The highest BCUT2D eigenvalue weighted by atomic mass is 79.9. The molecule has 0 aliphatic carbocycles. The summed E-state index contributed by atoms with van der Waals surface area (Å²) in [5.74, 6) is 2.74. The Morgan fingerprint density at radius 2 is 1.64 bits per heavy atom. The number of halogens is 1. The van der Waals surface area contributed by atoms with Crippen LogP contribution in [0.1, 0.15) is 0 Å². The molecule has 4 rings (SSSR count). The maximum absolute atomic E-state index is 9.32. The van der Waals surface area contributed by atoms with Crippen molar-refractivity contribution in [1.29, 1.82) is 0 Å². The molecule has 0 radical (unpaired) electrons. The van der Waals surface area contributed by atoms with Gasteiger partial charge in [-0.3, -0.25) is 0 Å². The van der Waals surface area contributed by atoms with Crippen molar-refractivity contribution in [3.8, 4) is 17.0 Å². The molecule has 2 fully saturated rings. The van der Waals surface area contributed by atoms with Gasteiger partial charge in [-0.2, -0.15) is 0 Å².